The second-order valence-corrected chi connectivity index (χ2v) is 5.98. The molecule has 0 radical (unpaired) electrons. The Morgan fingerprint density at radius 1 is 0.917 bits per heavy atom. The molecule has 0 amide bonds. The van der Waals surface area contributed by atoms with Crippen LogP contribution in [-0.4, -0.2) is 20.2 Å². The van der Waals surface area contributed by atoms with E-state index in [-0.39, 0.29) is 12.4 Å². The van der Waals surface area contributed by atoms with Gasteiger partial charge >= 0.3 is 5.97 Å². The zero-order valence-electron chi connectivity index (χ0n) is 14.1. The molecule has 126 valence electrons. The summed E-state index contributed by atoms with van der Waals surface area (Å²) in [5.74, 6) is 1.60. The molecule has 2 aromatic rings. The second-order valence-electron chi connectivity index (χ2n) is 5.98. The van der Waals surface area contributed by atoms with Crippen molar-refractivity contribution in [2.45, 2.75) is 32.1 Å². The van der Waals surface area contributed by atoms with E-state index in [1.165, 1.54) is 24.0 Å². The summed E-state index contributed by atoms with van der Waals surface area (Å²) in [5.41, 5.74) is 3.51. The molecule has 1 aliphatic carbocycles. The van der Waals surface area contributed by atoms with Gasteiger partial charge in [-0.15, -0.1) is 0 Å². The highest BCUT2D eigenvalue weighted by Gasteiger charge is 2.13. The number of hydrogen-bond acceptors (Lipinski definition) is 4. The lowest BCUT2D eigenvalue weighted by Crippen LogP contribution is -2.12. The molecule has 1 aliphatic rings. The second kappa shape index (κ2) is 7.39. The summed E-state index contributed by atoms with van der Waals surface area (Å²) in [7, 11) is 3.16. The number of aryl methyl sites for hydroxylation is 2. The molecule has 4 nitrogen and oxygen atoms in total. The minimum Gasteiger partial charge on any atom is -0.493 e. The number of carbonyl (C=O) groups excluding carboxylic acids is 1. The highest BCUT2D eigenvalue weighted by atomic mass is 16.5. The van der Waals surface area contributed by atoms with Gasteiger partial charge in [0.15, 0.2) is 11.5 Å². The minimum absolute atomic E-state index is 0.192. The topological polar surface area (TPSA) is 44.8 Å². The van der Waals surface area contributed by atoms with Crippen molar-refractivity contribution in [3.05, 3.63) is 53.1 Å². The van der Waals surface area contributed by atoms with E-state index in [2.05, 4.69) is 6.07 Å². The fourth-order valence-electron chi connectivity index (χ4n) is 3.10. The third-order valence-corrected chi connectivity index (χ3v) is 4.35. The number of ether oxygens (including phenoxy) is 3. The van der Waals surface area contributed by atoms with Crippen LogP contribution >= 0.6 is 0 Å². The van der Waals surface area contributed by atoms with Crippen LogP contribution in [0.15, 0.2) is 36.4 Å². The number of methoxy groups -OCH3 is 2. The van der Waals surface area contributed by atoms with Crippen LogP contribution in [0.2, 0.25) is 0 Å². The average Bonchev–Trinajstić information content (AvgIpc) is 2.61. The first-order valence-corrected chi connectivity index (χ1v) is 8.23. The number of rotatable bonds is 5. The van der Waals surface area contributed by atoms with Gasteiger partial charge in [0.05, 0.1) is 20.6 Å². The number of benzene rings is 2. The normalized spacial score (nSPS) is 13.1. The van der Waals surface area contributed by atoms with Gasteiger partial charge in [-0.1, -0.05) is 12.1 Å². The summed E-state index contributed by atoms with van der Waals surface area (Å²) in [6.07, 6.45) is 4.82. The quantitative estimate of drug-likeness (QED) is 0.620. The molecule has 0 saturated carbocycles. The van der Waals surface area contributed by atoms with E-state index in [1.54, 1.807) is 26.4 Å². The smallest absolute Gasteiger partial charge is 0.315 e. The van der Waals surface area contributed by atoms with E-state index in [0.29, 0.717) is 17.2 Å². The van der Waals surface area contributed by atoms with Crippen molar-refractivity contribution >= 4 is 5.97 Å². The van der Waals surface area contributed by atoms with Gasteiger partial charge in [-0.25, -0.2) is 0 Å². The molecule has 0 aromatic heterocycles. The van der Waals surface area contributed by atoms with Crippen molar-refractivity contribution < 1.29 is 19.0 Å². The monoisotopic (exact) mass is 326 g/mol. The van der Waals surface area contributed by atoms with Crippen LogP contribution in [0, 0.1) is 0 Å². The average molecular weight is 326 g/mol. The van der Waals surface area contributed by atoms with E-state index >= 15 is 0 Å². The summed E-state index contributed by atoms with van der Waals surface area (Å²) in [6, 6.07) is 11.4. The van der Waals surface area contributed by atoms with Crippen LogP contribution in [-0.2, 0) is 24.1 Å². The van der Waals surface area contributed by atoms with Crippen LogP contribution in [0.3, 0.4) is 0 Å². The summed E-state index contributed by atoms with van der Waals surface area (Å²) < 4.78 is 16.0. The van der Waals surface area contributed by atoms with Crippen molar-refractivity contribution in [3.8, 4) is 17.2 Å². The van der Waals surface area contributed by atoms with Gasteiger partial charge in [-0.2, -0.15) is 0 Å². The Bertz CT molecular complexity index is 693. The van der Waals surface area contributed by atoms with Gasteiger partial charge in [0.1, 0.15) is 5.75 Å². The molecule has 2 aromatic carbocycles. The fraction of sp³-hybridized carbons (Fsp3) is 0.350. The number of esters is 1. The maximum Gasteiger partial charge on any atom is 0.315 e. The predicted octanol–water partition coefficient (Wildman–Crippen LogP) is 3.73. The van der Waals surface area contributed by atoms with Crippen molar-refractivity contribution in [1.82, 2.24) is 0 Å². The molecular weight excluding hydrogens is 304 g/mol. The molecule has 0 atom stereocenters. The predicted molar refractivity (Wildman–Crippen MR) is 92.0 cm³/mol. The van der Waals surface area contributed by atoms with E-state index in [9.17, 15) is 4.79 Å². The van der Waals surface area contributed by atoms with Crippen LogP contribution in [0.5, 0.6) is 17.2 Å². The van der Waals surface area contributed by atoms with Crippen LogP contribution in [0.4, 0.5) is 0 Å². The van der Waals surface area contributed by atoms with Crippen molar-refractivity contribution in [1.29, 1.82) is 0 Å². The highest BCUT2D eigenvalue weighted by Crippen LogP contribution is 2.28. The van der Waals surface area contributed by atoms with Crippen molar-refractivity contribution in [2.75, 3.05) is 14.2 Å². The van der Waals surface area contributed by atoms with Crippen LogP contribution in [0.25, 0.3) is 0 Å². The molecule has 0 spiro atoms. The Morgan fingerprint density at radius 2 is 1.67 bits per heavy atom. The highest BCUT2D eigenvalue weighted by molar-refractivity contribution is 5.75. The Morgan fingerprint density at radius 3 is 2.42 bits per heavy atom. The molecule has 4 heteroatoms. The Kier molecular flexibility index (Phi) is 5.04. The Balaban J connectivity index is 1.67. The number of carbonyl (C=O) groups is 1. The third-order valence-electron chi connectivity index (χ3n) is 4.35. The first kappa shape index (κ1) is 16.4. The standard InChI is InChI=1S/C20H22O4/c1-22-18-10-7-14(11-19(18)23-2)12-20(21)24-17-9-8-15-5-3-4-6-16(15)13-17/h7-11,13H,3-6,12H2,1-2H3. The lowest BCUT2D eigenvalue weighted by atomic mass is 9.92. The van der Waals surface area contributed by atoms with Gasteiger partial charge in [-0.3, -0.25) is 4.79 Å². The molecule has 24 heavy (non-hydrogen) atoms. The van der Waals surface area contributed by atoms with Gasteiger partial charge in [0, 0.05) is 0 Å². The molecular formula is C20H22O4. The summed E-state index contributed by atoms with van der Waals surface area (Å²) in [4.78, 5) is 12.2. The summed E-state index contributed by atoms with van der Waals surface area (Å²) >= 11 is 0. The summed E-state index contributed by atoms with van der Waals surface area (Å²) in [6.45, 7) is 0. The molecule has 0 N–H and O–H groups in total. The van der Waals surface area contributed by atoms with E-state index < -0.39 is 0 Å². The Hall–Kier alpha value is -2.49. The van der Waals surface area contributed by atoms with E-state index in [4.69, 9.17) is 14.2 Å². The number of hydrogen-bond donors (Lipinski definition) is 0. The van der Waals surface area contributed by atoms with Crippen molar-refractivity contribution in [2.24, 2.45) is 0 Å². The lowest BCUT2D eigenvalue weighted by Gasteiger charge is -2.16. The van der Waals surface area contributed by atoms with Gasteiger partial charge in [0.2, 0.25) is 0 Å². The zero-order valence-corrected chi connectivity index (χ0v) is 14.1. The molecule has 0 bridgehead atoms. The van der Waals surface area contributed by atoms with Gasteiger partial charge in [0.25, 0.3) is 0 Å². The molecule has 0 heterocycles. The zero-order chi connectivity index (χ0) is 16.9. The van der Waals surface area contributed by atoms with Gasteiger partial charge < -0.3 is 14.2 Å². The Labute approximate surface area is 142 Å². The van der Waals surface area contributed by atoms with Crippen LogP contribution in [0.1, 0.15) is 29.5 Å². The molecule has 0 unspecified atom stereocenters. The van der Waals surface area contributed by atoms with E-state index in [1.807, 2.05) is 18.2 Å². The first-order chi connectivity index (χ1) is 11.7. The maximum atomic E-state index is 12.2. The molecule has 0 aliphatic heterocycles. The lowest BCUT2D eigenvalue weighted by molar-refractivity contribution is -0.133. The minimum atomic E-state index is -0.280. The third kappa shape index (κ3) is 3.70. The molecule has 0 saturated heterocycles. The van der Waals surface area contributed by atoms with Crippen molar-refractivity contribution in [3.63, 3.8) is 0 Å². The summed E-state index contributed by atoms with van der Waals surface area (Å²) in [5, 5.41) is 0. The number of fused-ring (bicyclic) bond motifs is 1. The molecule has 3 rings (SSSR count). The fourth-order valence-corrected chi connectivity index (χ4v) is 3.10. The SMILES string of the molecule is COc1ccc(CC(=O)Oc2ccc3c(c2)CCCC3)cc1OC. The first-order valence-electron chi connectivity index (χ1n) is 8.23. The van der Waals surface area contributed by atoms with Gasteiger partial charge in [-0.05, 0) is 66.6 Å². The largest absolute Gasteiger partial charge is 0.493 e. The van der Waals surface area contributed by atoms with E-state index in [0.717, 1.165) is 18.4 Å². The maximum absolute atomic E-state index is 12.2. The molecule has 0 fully saturated rings. The van der Waals surface area contributed by atoms with Crippen LogP contribution < -0.4 is 14.2 Å².